The van der Waals surface area contributed by atoms with Gasteiger partial charge in [-0.25, -0.2) is 0 Å². The number of carbonyl (C=O) groups excluding carboxylic acids is 1. The van der Waals surface area contributed by atoms with Crippen molar-refractivity contribution >= 4 is 5.91 Å². The number of ether oxygens (including phenoxy) is 2. The summed E-state index contributed by atoms with van der Waals surface area (Å²) in [7, 11) is 1.61. The second-order valence-corrected chi connectivity index (χ2v) is 4.05. The number of methoxy groups -OCH3 is 1. The van der Waals surface area contributed by atoms with Gasteiger partial charge in [0.25, 0.3) is 5.91 Å². The minimum atomic E-state index is -0.0838. The van der Waals surface area contributed by atoms with Crippen LogP contribution in [0.4, 0.5) is 0 Å². The number of amides is 1. The van der Waals surface area contributed by atoms with Crippen LogP contribution in [-0.4, -0.2) is 25.7 Å². The molecule has 0 aliphatic carbocycles. The highest BCUT2D eigenvalue weighted by molar-refractivity contribution is 5.77. The van der Waals surface area contributed by atoms with E-state index in [4.69, 9.17) is 9.47 Å². The SMILES string of the molecule is CCC(CC)NC(=O)COc1ccc(OC)cc1. The molecule has 0 aliphatic heterocycles. The second-order valence-electron chi connectivity index (χ2n) is 4.05. The topological polar surface area (TPSA) is 47.6 Å². The van der Waals surface area contributed by atoms with Crippen LogP contribution in [0, 0.1) is 0 Å². The van der Waals surface area contributed by atoms with E-state index in [0.29, 0.717) is 5.75 Å². The first kappa shape index (κ1) is 14.4. The Bertz CT molecular complexity index is 358. The Morgan fingerprint density at radius 3 is 2.22 bits per heavy atom. The fourth-order valence-electron chi connectivity index (χ4n) is 1.58. The third-order valence-electron chi connectivity index (χ3n) is 2.78. The Balaban J connectivity index is 2.37. The smallest absolute Gasteiger partial charge is 0.258 e. The first-order chi connectivity index (χ1) is 8.69. The van der Waals surface area contributed by atoms with Gasteiger partial charge in [-0.05, 0) is 37.1 Å². The van der Waals surface area contributed by atoms with Gasteiger partial charge in [-0.15, -0.1) is 0 Å². The minimum Gasteiger partial charge on any atom is -0.497 e. The summed E-state index contributed by atoms with van der Waals surface area (Å²) in [6.07, 6.45) is 1.87. The molecule has 0 bridgehead atoms. The molecule has 1 rings (SSSR count). The van der Waals surface area contributed by atoms with Crippen molar-refractivity contribution in [3.05, 3.63) is 24.3 Å². The van der Waals surface area contributed by atoms with Crippen LogP contribution in [0.5, 0.6) is 11.5 Å². The van der Waals surface area contributed by atoms with Gasteiger partial charge in [-0.2, -0.15) is 0 Å². The van der Waals surface area contributed by atoms with Gasteiger partial charge in [0, 0.05) is 6.04 Å². The predicted octanol–water partition coefficient (Wildman–Crippen LogP) is 2.38. The first-order valence-corrected chi connectivity index (χ1v) is 6.25. The molecule has 100 valence electrons. The van der Waals surface area contributed by atoms with Crippen LogP contribution in [0.1, 0.15) is 26.7 Å². The molecule has 1 aromatic rings. The summed E-state index contributed by atoms with van der Waals surface area (Å²) in [6, 6.07) is 7.39. The standard InChI is InChI=1S/C14H21NO3/c1-4-11(5-2)15-14(16)10-18-13-8-6-12(17-3)7-9-13/h6-9,11H,4-5,10H2,1-3H3,(H,15,16). The molecule has 0 spiro atoms. The van der Waals surface area contributed by atoms with Crippen molar-refractivity contribution in [2.24, 2.45) is 0 Å². The number of hydrogen-bond donors (Lipinski definition) is 1. The highest BCUT2D eigenvalue weighted by Gasteiger charge is 2.08. The van der Waals surface area contributed by atoms with E-state index in [-0.39, 0.29) is 18.6 Å². The molecule has 1 aromatic carbocycles. The lowest BCUT2D eigenvalue weighted by Gasteiger charge is -2.15. The highest BCUT2D eigenvalue weighted by Crippen LogP contribution is 2.16. The molecule has 0 atom stereocenters. The first-order valence-electron chi connectivity index (χ1n) is 6.25. The average Bonchev–Trinajstić information content (AvgIpc) is 2.43. The van der Waals surface area contributed by atoms with Gasteiger partial charge in [-0.1, -0.05) is 13.8 Å². The lowest BCUT2D eigenvalue weighted by Crippen LogP contribution is -2.37. The zero-order chi connectivity index (χ0) is 13.4. The quantitative estimate of drug-likeness (QED) is 0.809. The van der Waals surface area contributed by atoms with Gasteiger partial charge in [0.05, 0.1) is 7.11 Å². The van der Waals surface area contributed by atoms with E-state index >= 15 is 0 Å². The van der Waals surface area contributed by atoms with Gasteiger partial charge in [0.2, 0.25) is 0 Å². The summed E-state index contributed by atoms with van der Waals surface area (Å²) >= 11 is 0. The molecule has 4 heteroatoms. The van der Waals surface area contributed by atoms with E-state index in [1.54, 1.807) is 31.4 Å². The van der Waals surface area contributed by atoms with Gasteiger partial charge in [0.15, 0.2) is 6.61 Å². The van der Waals surface area contributed by atoms with Crippen LogP contribution in [0.3, 0.4) is 0 Å². The maximum absolute atomic E-state index is 11.6. The molecule has 0 heterocycles. The van der Waals surface area contributed by atoms with Crippen LogP contribution in [0.2, 0.25) is 0 Å². The van der Waals surface area contributed by atoms with Crippen LogP contribution in [0.25, 0.3) is 0 Å². The summed E-state index contributed by atoms with van der Waals surface area (Å²) in [5, 5.41) is 2.92. The van der Waals surface area contributed by atoms with Crippen molar-refractivity contribution < 1.29 is 14.3 Å². The Morgan fingerprint density at radius 2 is 1.72 bits per heavy atom. The van der Waals surface area contributed by atoms with Crippen molar-refractivity contribution in [3.63, 3.8) is 0 Å². The Morgan fingerprint density at radius 1 is 1.17 bits per heavy atom. The molecule has 0 radical (unpaired) electrons. The maximum atomic E-state index is 11.6. The number of rotatable bonds is 7. The van der Waals surface area contributed by atoms with E-state index in [9.17, 15) is 4.79 Å². The number of hydrogen-bond acceptors (Lipinski definition) is 3. The Hall–Kier alpha value is -1.71. The molecular formula is C14H21NO3. The van der Waals surface area contributed by atoms with Crippen LogP contribution >= 0.6 is 0 Å². The predicted molar refractivity (Wildman–Crippen MR) is 71.0 cm³/mol. The molecule has 1 amide bonds. The van der Waals surface area contributed by atoms with Crippen molar-refractivity contribution in [2.75, 3.05) is 13.7 Å². The largest absolute Gasteiger partial charge is 0.497 e. The van der Waals surface area contributed by atoms with E-state index in [2.05, 4.69) is 19.2 Å². The lowest BCUT2D eigenvalue weighted by molar-refractivity contribution is -0.123. The van der Waals surface area contributed by atoms with E-state index < -0.39 is 0 Å². The molecule has 0 saturated heterocycles. The summed E-state index contributed by atoms with van der Waals surface area (Å²) in [5.74, 6) is 1.35. The van der Waals surface area contributed by atoms with Crippen molar-refractivity contribution in [3.8, 4) is 11.5 Å². The molecule has 0 aromatic heterocycles. The molecular weight excluding hydrogens is 230 g/mol. The van der Waals surface area contributed by atoms with Crippen LogP contribution in [0.15, 0.2) is 24.3 Å². The molecule has 1 N–H and O–H groups in total. The third kappa shape index (κ3) is 4.65. The van der Waals surface area contributed by atoms with Crippen LogP contribution < -0.4 is 14.8 Å². The monoisotopic (exact) mass is 251 g/mol. The normalized spacial score (nSPS) is 10.2. The zero-order valence-electron chi connectivity index (χ0n) is 11.2. The molecule has 0 unspecified atom stereocenters. The van der Waals surface area contributed by atoms with Crippen molar-refractivity contribution in [2.45, 2.75) is 32.7 Å². The Labute approximate surface area is 108 Å². The number of nitrogens with one attached hydrogen (secondary N) is 1. The molecule has 0 aliphatic rings. The lowest BCUT2D eigenvalue weighted by atomic mass is 10.2. The van der Waals surface area contributed by atoms with Gasteiger partial charge >= 0.3 is 0 Å². The van der Waals surface area contributed by atoms with E-state index in [1.807, 2.05) is 0 Å². The zero-order valence-corrected chi connectivity index (χ0v) is 11.2. The molecule has 4 nitrogen and oxygen atoms in total. The second kappa shape index (κ2) is 7.58. The summed E-state index contributed by atoms with van der Waals surface area (Å²) in [4.78, 5) is 11.6. The molecule has 0 saturated carbocycles. The van der Waals surface area contributed by atoms with Crippen molar-refractivity contribution in [1.29, 1.82) is 0 Å². The summed E-state index contributed by atoms with van der Waals surface area (Å²) < 4.78 is 10.4. The summed E-state index contributed by atoms with van der Waals surface area (Å²) in [6.45, 7) is 4.15. The van der Waals surface area contributed by atoms with Crippen LogP contribution in [-0.2, 0) is 4.79 Å². The van der Waals surface area contributed by atoms with Gasteiger partial charge < -0.3 is 14.8 Å². The van der Waals surface area contributed by atoms with Gasteiger partial charge in [-0.3, -0.25) is 4.79 Å². The fourth-order valence-corrected chi connectivity index (χ4v) is 1.58. The fraction of sp³-hybridized carbons (Fsp3) is 0.500. The number of benzene rings is 1. The molecule has 0 fully saturated rings. The Kier molecular flexibility index (Phi) is 6.05. The van der Waals surface area contributed by atoms with E-state index in [1.165, 1.54) is 0 Å². The maximum Gasteiger partial charge on any atom is 0.258 e. The average molecular weight is 251 g/mol. The highest BCUT2D eigenvalue weighted by atomic mass is 16.5. The number of carbonyl (C=O) groups is 1. The molecule has 18 heavy (non-hydrogen) atoms. The van der Waals surface area contributed by atoms with E-state index in [0.717, 1.165) is 18.6 Å². The third-order valence-corrected chi connectivity index (χ3v) is 2.78. The minimum absolute atomic E-state index is 0.0445. The summed E-state index contributed by atoms with van der Waals surface area (Å²) in [5.41, 5.74) is 0. The van der Waals surface area contributed by atoms with Crippen molar-refractivity contribution in [1.82, 2.24) is 5.32 Å². The van der Waals surface area contributed by atoms with Gasteiger partial charge in [0.1, 0.15) is 11.5 Å².